The maximum atomic E-state index is 12.8. The molecule has 2 aliphatic rings. The van der Waals surface area contributed by atoms with Crippen molar-refractivity contribution in [1.29, 1.82) is 0 Å². The Bertz CT molecular complexity index is 1170. The Balaban J connectivity index is 1.22. The topological polar surface area (TPSA) is 70.1 Å². The Morgan fingerprint density at radius 3 is 2.12 bits per heavy atom. The summed E-state index contributed by atoms with van der Waals surface area (Å²) in [6.07, 6.45) is -0.314. The molecule has 0 saturated carbocycles. The van der Waals surface area contributed by atoms with E-state index < -0.39 is 5.97 Å². The van der Waals surface area contributed by atoms with E-state index in [1.165, 1.54) is 28.3 Å². The van der Waals surface area contributed by atoms with Crippen molar-refractivity contribution in [2.75, 3.05) is 37.7 Å². The number of aromatic carboxylic acids is 1. The van der Waals surface area contributed by atoms with Crippen molar-refractivity contribution in [3.05, 3.63) is 83.4 Å². The lowest BCUT2D eigenvalue weighted by Gasteiger charge is -2.35. The van der Waals surface area contributed by atoms with E-state index in [1.54, 1.807) is 11.0 Å². The number of anilines is 1. The van der Waals surface area contributed by atoms with Gasteiger partial charge in [0, 0.05) is 42.7 Å². The third kappa shape index (κ3) is 4.16. The van der Waals surface area contributed by atoms with E-state index in [-0.39, 0.29) is 17.6 Å². The molecule has 1 heterocycles. The normalized spacial score (nSPS) is 15.2. The van der Waals surface area contributed by atoms with Crippen molar-refractivity contribution in [3.63, 3.8) is 0 Å². The minimum absolute atomic E-state index is 0.0372. The molecular weight excluding hydrogens is 436 g/mol. The fourth-order valence-electron chi connectivity index (χ4n) is 4.73. The van der Waals surface area contributed by atoms with Crippen LogP contribution in [0.3, 0.4) is 0 Å². The van der Waals surface area contributed by atoms with Gasteiger partial charge in [0.05, 0.1) is 5.56 Å². The van der Waals surface area contributed by atoms with Gasteiger partial charge in [-0.3, -0.25) is 0 Å². The highest BCUT2D eigenvalue weighted by Crippen LogP contribution is 2.44. The molecule has 7 heteroatoms. The maximum absolute atomic E-state index is 12.8. The maximum Gasteiger partial charge on any atom is 0.409 e. The number of rotatable bonds is 4. The van der Waals surface area contributed by atoms with Crippen LogP contribution >= 0.6 is 12.6 Å². The lowest BCUT2D eigenvalue weighted by atomic mass is 9.98. The van der Waals surface area contributed by atoms with Gasteiger partial charge in [-0.25, -0.2) is 9.59 Å². The summed E-state index contributed by atoms with van der Waals surface area (Å²) >= 11 is 4.32. The molecule has 1 saturated heterocycles. The van der Waals surface area contributed by atoms with E-state index in [0.29, 0.717) is 37.7 Å². The van der Waals surface area contributed by atoms with Gasteiger partial charge in [-0.15, -0.1) is 12.6 Å². The first kappa shape index (κ1) is 21.4. The van der Waals surface area contributed by atoms with Gasteiger partial charge in [-0.05, 0) is 40.5 Å². The van der Waals surface area contributed by atoms with Crippen molar-refractivity contribution in [1.82, 2.24) is 4.90 Å². The van der Waals surface area contributed by atoms with Crippen LogP contribution in [0.1, 0.15) is 27.4 Å². The van der Waals surface area contributed by atoms with Crippen LogP contribution in [0.25, 0.3) is 11.1 Å². The number of fused-ring (bicyclic) bond motifs is 3. The second kappa shape index (κ2) is 8.83. The summed E-state index contributed by atoms with van der Waals surface area (Å²) in [6.45, 7) is 2.52. The van der Waals surface area contributed by atoms with Crippen molar-refractivity contribution in [2.45, 2.75) is 10.8 Å². The van der Waals surface area contributed by atoms with Gasteiger partial charge >= 0.3 is 12.1 Å². The van der Waals surface area contributed by atoms with Crippen molar-refractivity contribution in [3.8, 4) is 11.1 Å². The van der Waals surface area contributed by atoms with Crippen LogP contribution in [-0.4, -0.2) is 54.9 Å². The van der Waals surface area contributed by atoms with E-state index in [9.17, 15) is 14.7 Å². The minimum Gasteiger partial charge on any atom is -0.478 e. The molecule has 0 bridgehead atoms. The smallest absolute Gasteiger partial charge is 0.409 e. The van der Waals surface area contributed by atoms with Crippen LogP contribution in [0, 0.1) is 0 Å². The largest absolute Gasteiger partial charge is 0.478 e. The van der Waals surface area contributed by atoms with Crippen LogP contribution in [0.2, 0.25) is 0 Å². The number of ether oxygens (including phenoxy) is 1. The van der Waals surface area contributed by atoms with Crippen molar-refractivity contribution < 1.29 is 19.4 Å². The molecule has 33 heavy (non-hydrogen) atoms. The van der Waals surface area contributed by atoms with E-state index in [0.717, 1.165) is 5.69 Å². The molecule has 0 unspecified atom stereocenters. The van der Waals surface area contributed by atoms with E-state index in [4.69, 9.17) is 4.74 Å². The zero-order chi connectivity index (χ0) is 22.9. The average molecular weight is 461 g/mol. The van der Waals surface area contributed by atoms with Crippen molar-refractivity contribution >= 4 is 30.4 Å². The summed E-state index contributed by atoms with van der Waals surface area (Å²) in [5.41, 5.74) is 5.79. The summed E-state index contributed by atoms with van der Waals surface area (Å²) in [4.78, 5) is 28.5. The second-order valence-corrected chi connectivity index (χ2v) is 8.84. The molecule has 1 N–H and O–H groups in total. The highest BCUT2D eigenvalue weighted by Gasteiger charge is 2.30. The van der Waals surface area contributed by atoms with Gasteiger partial charge in [0.1, 0.15) is 6.61 Å². The third-order valence-corrected chi connectivity index (χ3v) is 6.65. The third-order valence-electron chi connectivity index (χ3n) is 6.39. The van der Waals surface area contributed by atoms with E-state index in [1.807, 2.05) is 30.3 Å². The first-order valence-corrected chi connectivity index (χ1v) is 11.4. The summed E-state index contributed by atoms with van der Waals surface area (Å²) in [6, 6.07) is 21.6. The zero-order valence-corrected chi connectivity index (χ0v) is 18.9. The van der Waals surface area contributed by atoms with Crippen LogP contribution in [0.15, 0.2) is 71.6 Å². The van der Waals surface area contributed by atoms with Crippen LogP contribution in [-0.2, 0) is 4.74 Å². The quantitative estimate of drug-likeness (QED) is 0.550. The molecule has 1 aliphatic carbocycles. The minimum atomic E-state index is -0.982. The number of carbonyl (C=O) groups excluding carboxylic acids is 1. The number of carbonyl (C=O) groups is 2. The molecule has 5 rings (SSSR count). The lowest BCUT2D eigenvalue weighted by Crippen LogP contribution is -2.49. The highest BCUT2D eigenvalue weighted by atomic mass is 32.1. The molecule has 6 nitrogen and oxygen atoms in total. The predicted octanol–water partition coefficient (Wildman–Crippen LogP) is 4.74. The number of thiol groups is 1. The lowest BCUT2D eigenvalue weighted by molar-refractivity contribution is 0.0696. The van der Waals surface area contributed by atoms with Crippen LogP contribution in [0.4, 0.5) is 10.5 Å². The van der Waals surface area contributed by atoms with Gasteiger partial charge in [0.2, 0.25) is 0 Å². The molecule has 3 aromatic carbocycles. The highest BCUT2D eigenvalue weighted by molar-refractivity contribution is 7.80. The fraction of sp³-hybridized carbons (Fsp3) is 0.231. The average Bonchev–Trinajstić information content (AvgIpc) is 3.16. The molecule has 0 aromatic heterocycles. The Morgan fingerprint density at radius 1 is 0.909 bits per heavy atom. The van der Waals surface area contributed by atoms with Gasteiger partial charge in [0.25, 0.3) is 0 Å². The summed E-state index contributed by atoms with van der Waals surface area (Å²) in [5, 5.41) is 9.30. The Hall–Kier alpha value is -3.45. The number of hydrogen-bond acceptors (Lipinski definition) is 5. The monoisotopic (exact) mass is 460 g/mol. The number of benzene rings is 3. The van der Waals surface area contributed by atoms with Gasteiger partial charge in [0.15, 0.2) is 0 Å². The zero-order valence-electron chi connectivity index (χ0n) is 18.0. The molecule has 168 valence electrons. The Morgan fingerprint density at radius 2 is 1.52 bits per heavy atom. The first-order valence-electron chi connectivity index (χ1n) is 10.9. The standard InChI is InChI=1S/C26H24N2O4S/c29-25(30)17-13-18(15-19(33)14-17)27-9-11-28(12-10-27)26(31)32-16-24-22-7-3-1-5-20(22)21-6-2-4-8-23(21)24/h1-8,13-15,24,33H,9-12,16H2,(H,29,30). The van der Waals surface area contributed by atoms with Gasteiger partial charge < -0.3 is 19.6 Å². The Kier molecular flexibility index (Phi) is 5.72. The molecule has 1 amide bonds. The summed E-state index contributed by atoms with van der Waals surface area (Å²) in [5.74, 6) is -0.945. The number of carboxylic acid groups (broad SMARTS) is 1. The van der Waals surface area contributed by atoms with Crippen LogP contribution < -0.4 is 4.90 Å². The van der Waals surface area contributed by atoms with Gasteiger partial charge in [-0.1, -0.05) is 48.5 Å². The predicted molar refractivity (Wildman–Crippen MR) is 130 cm³/mol. The molecule has 0 radical (unpaired) electrons. The molecule has 1 fully saturated rings. The number of carboxylic acids is 1. The molecule has 0 atom stereocenters. The first-order chi connectivity index (χ1) is 16.0. The summed E-state index contributed by atoms with van der Waals surface area (Å²) in [7, 11) is 0. The van der Waals surface area contributed by atoms with Crippen LogP contribution in [0.5, 0.6) is 0 Å². The van der Waals surface area contributed by atoms with Crippen molar-refractivity contribution in [2.24, 2.45) is 0 Å². The molecule has 0 spiro atoms. The molecular formula is C26H24N2O4S. The van der Waals surface area contributed by atoms with E-state index in [2.05, 4.69) is 41.8 Å². The number of nitrogens with zero attached hydrogens (tertiary/aromatic N) is 2. The SMILES string of the molecule is O=C(O)c1cc(S)cc(N2CCN(C(=O)OCC3c4ccccc4-c4ccccc43)CC2)c1. The number of hydrogen-bond donors (Lipinski definition) is 2. The second-order valence-electron chi connectivity index (χ2n) is 8.32. The summed E-state index contributed by atoms with van der Waals surface area (Å²) < 4.78 is 5.77. The molecule has 1 aliphatic heterocycles. The Labute approximate surface area is 197 Å². The van der Waals surface area contributed by atoms with E-state index >= 15 is 0 Å². The fourth-order valence-corrected chi connectivity index (χ4v) is 5.01. The number of amides is 1. The number of piperazine rings is 1. The van der Waals surface area contributed by atoms with Gasteiger partial charge in [-0.2, -0.15) is 0 Å². The molecule has 3 aromatic rings.